The van der Waals surface area contributed by atoms with Crippen molar-refractivity contribution in [3.8, 4) is 5.82 Å². The monoisotopic (exact) mass is 320 g/mol. The summed E-state index contributed by atoms with van der Waals surface area (Å²) in [4.78, 5) is 9.64. The van der Waals surface area contributed by atoms with E-state index in [1.54, 1.807) is 4.68 Å². The Hall–Kier alpha value is -2.93. The number of hydrogen-bond acceptors (Lipinski definition) is 6. The highest BCUT2D eigenvalue weighted by molar-refractivity contribution is 7.99. The Morgan fingerprint density at radius 2 is 1.70 bits per heavy atom. The van der Waals surface area contributed by atoms with Gasteiger partial charge in [-0.1, -0.05) is 47.3 Å². The first kappa shape index (κ1) is 13.7. The molecule has 0 aliphatic carbocycles. The van der Waals surface area contributed by atoms with E-state index < -0.39 is 0 Å². The molecule has 2 aromatic carbocycles. The molecule has 0 fully saturated rings. The molecule has 0 atom stereocenters. The third-order valence-corrected chi connectivity index (χ3v) is 4.36. The van der Waals surface area contributed by atoms with Crippen LogP contribution in [0.15, 0.2) is 70.8 Å². The normalized spacial score (nSPS) is 11.0. The van der Waals surface area contributed by atoms with E-state index in [1.165, 1.54) is 18.1 Å². The fourth-order valence-electron chi connectivity index (χ4n) is 2.25. The zero-order chi connectivity index (χ0) is 15.6. The van der Waals surface area contributed by atoms with Crippen molar-refractivity contribution in [3.63, 3.8) is 0 Å². The molecule has 23 heavy (non-hydrogen) atoms. The molecule has 4 rings (SSSR count). The Morgan fingerprint density at radius 1 is 0.913 bits per heavy atom. The molecule has 2 aromatic heterocycles. The zero-order valence-electron chi connectivity index (χ0n) is 12.0. The van der Waals surface area contributed by atoms with Gasteiger partial charge in [-0.15, -0.1) is 5.10 Å². The van der Waals surface area contributed by atoms with E-state index in [1.807, 2.05) is 54.6 Å². The van der Waals surface area contributed by atoms with Gasteiger partial charge < -0.3 is 5.73 Å². The number of hydrogen-bond donors (Lipinski definition) is 1. The molecule has 2 N–H and O–H groups in total. The van der Waals surface area contributed by atoms with Gasteiger partial charge in [0.15, 0.2) is 5.82 Å². The Bertz CT molecular complexity index is 967. The number of nitrogen functional groups attached to an aromatic ring is 1. The summed E-state index contributed by atoms with van der Waals surface area (Å²) in [5.41, 5.74) is 8.41. The smallest absolute Gasteiger partial charge is 0.183 e. The summed E-state index contributed by atoms with van der Waals surface area (Å²) in [5.74, 6) is 0.534. The first-order chi connectivity index (χ1) is 11.3. The molecule has 0 unspecified atom stereocenters. The predicted octanol–water partition coefficient (Wildman–Crippen LogP) is 2.94. The first-order valence-corrected chi connectivity index (χ1v) is 7.79. The molecule has 2 heterocycles. The second-order valence-corrected chi connectivity index (χ2v) is 5.88. The highest BCUT2D eigenvalue weighted by atomic mass is 32.2. The second-order valence-electron chi connectivity index (χ2n) is 4.82. The van der Waals surface area contributed by atoms with E-state index in [-0.39, 0.29) is 0 Å². The molecule has 0 spiro atoms. The summed E-state index contributed by atoms with van der Waals surface area (Å²) in [6.45, 7) is 0. The second kappa shape index (κ2) is 5.69. The topological polar surface area (TPSA) is 82.5 Å². The number of fused-ring (bicyclic) bond motifs is 1. The Balaban J connectivity index is 1.80. The third kappa shape index (κ3) is 2.51. The highest BCUT2D eigenvalue weighted by Gasteiger charge is 2.14. The zero-order valence-corrected chi connectivity index (χ0v) is 12.8. The summed E-state index contributed by atoms with van der Waals surface area (Å²) in [7, 11) is 0. The average molecular weight is 320 g/mol. The summed E-state index contributed by atoms with van der Waals surface area (Å²) >= 11 is 1.49. The molecular weight excluding hydrogens is 308 g/mol. The third-order valence-electron chi connectivity index (χ3n) is 3.34. The number of para-hydroxylation sites is 1. The summed E-state index contributed by atoms with van der Waals surface area (Å²) in [6.07, 6.45) is 1.49. The van der Waals surface area contributed by atoms with Gasteiger partial charge in [0, 0.05) is 4.90 Å². The number of rotatable bonds is 3. The Morgan fingerprint density at radius 3 is 2.57 bits per heavy atom. The molecule has 0 radical (unpaired) electrons. The number of aromatic nitrogens is 5. The molecule has 0 aliphatic rings. The number of benzene rings is 2. The van der Waals surface area contributed by atoms with E-state index >= 15 is 0 Å². The lowest BCUT2D eigenvalue weighted by atomic mass is 10.3. The van der Waals surface area contributed by atoms with Crippen LogP contribution in [0.3, 0.4) is 0 Å². The van der Waals surface area contributed by atoms with Crippen LogP contribution in [0, 0.1) is 0 Å². The van der Waals surface area contributed by atoms with Crippen molar-refractivity contribution in [2.75, 3.05) is 5.73 Å². The average Bonchev–Trinajstić information content (AvgIpc) is 3.02. The van der Waals surface area contributed by atoms with E-state index in [4.69, 9.17) is 5.73 Å². The minimum absolute atomic E-state index is 0.483. The van der Waals surface area contributed by atoms with Gasteiger partial charge in [-0.2, -0.15) is 4.68 Å². The van der Waals surface area contributed by atoms with Crippen molar-refractivity contribution in [1.29, 1.82) is 0 Å². The van der Waals surface area contributed by atoms with E-state index in [2.05, 4.69) is 20.3 Å². The van der Waals surface area contributed by atoms with Crippen LogP contribution >= 0.6 is 11.8 Å². The van der Waals surface area contributed by atoms with E-state index in [0.717, 1.165) is 15.9 Å². The Kier molecular flexibility index (Phi) is 3.39. The molecule has 0 bridgehead atoms. The van der Waals surface area contributed by atoms with Crippen molar-refractivity contribution < 1.29 is 0 Å². The van der Waals surface area contributed by atoms with E-state index in [9.17, 15) is 0 Å². The van der Waals surface area contributed by atoms with Gasteiger partial charge in [-0.3, -0.25) is 0 Å². The molecule has 0 amide bonds. The highest BCUT2D eigenvalue weighted by Crippen LogP contribution is 2.32. The largest absolute Gasteiger partial charge is 0.393 e. The maximum Gasteiger partial charge on any atom is 0.183 e. The van der Waals surface area contributed by atoms with Crippen molar-refractivity contribution in [1.82, 2.24) is 25.0 Å². The molecule has 4 aromatic rings. The van der Waals surface area contributed by atoms with Gasteiger partial charge in [0.1, 0.15) is 22.6 Å². The number of anilines is 1. The molecular formula is C16H12N6S. The lowest BCUT2D eigenvalue weighted by Crippen LogP contribution is -2.06. The maximum absolute atomic E-state index is 6.28. The maximum atomic E-state index is 6.28. The number of nitrogens with zero attached hydrogens (tertiary/aromatic N) is 5. The van der Waals surface area contributed by atoms with Gasteiger partial charge in [-0.05, 0) is 24.3 Å². The Labute approximate surface area is 136 Å². The molecule has 112 valence electrons. The molecule has 6 nitrogen and oxygen atoms in total. The summed E-state index contributed by atoms with van der Waals surface area (Å²) < 4.78 is 1.64. The van der Waals surface area contributed by atoms with Crippen LogP contribution in [0.4, 0.5) is 5.69 Å². The summed E-state index contributed by atoms with van der Waals surface area (Å²) in [6, 6.07) is 17.6. The van der Waals surface area contributed by atoms with Gasteiger partial charge >= 0.3 is 0 Å². The van der Waals surface area contributed by atoms with Crippen molar-refractivity contribution in [2.24, 2.45) is 0 Å². The van der Waals surface area contributed by atoms with Crippen molar-refractivity contribution in [3.05, 3.63) is 60.9 Å². The van der Waals surface area contributed by atoms with Gasteiger partial charge in [0.25, 0.3) is 0 Å². The molecule has 0 aliphatic heterocycles. The van der Waals surface area contributed by atoms with Crippen molar-refractivity contribution >= 4 is 28.5 Å². The van der Waals surface area contributed by atoms with Gasteiger partial charge in [0.05, 0.1) is 5.52 Å². The fourth-order valence-corrected chi connectivity index (χ4v) is 3.06. The SMILES string of the molecule is Nc1c(Sc2ccccc2)ncnc1-n1nnc2ccccc21. The predicted molar refractivity (Wildman–Crippen MR) is 89.4 cm³/mol. The van der Waals surface area contributed by atoms with Crippen LogP contribution in [-0.2, 0) is 0 Å². The lowest BCUT2D eigenvalue weighted by Gasteiger charge is -2.08. The molecule has 0 saturated carbocycles. The van der Waals surface area contributed by atoms with Crippen LogP contribution < -0.4 is 5.73 Å². The number of nitrogens with two attached hydrogens (primary N) is 1. The minimum atomic E-state index is 0.483. The van der Waals surface area contributed by atoms with Crippen LogP contribution in [-0.4, -0.2) is 25.0 Å². The van der Waals surface area contributed by atoms with Gasteiger partial charge in [0.2, 0.25) is 0 Å². The molecule has 7 heteroatoms. The standard InChI is InChI=1S/C16H12N6S/c17-14-15(22-13-9-5-4-8-12(13)20-21-22)18-10-19-16(14)23-11-6-2-1-3-7-11/h1-10H,17H2. The fraction of sp³-hybridized carbons (Fsp3) is 0. The van der Waals surface area contributed by atoms with Crippen LogP contribution in [0.25, 0.3) is 16.9 Å². The van der Waals surface area contributed by atoms with Crippen molar-refractivity contribution in [2.45, 2.75) is 9.92 Å². The minimum Gasteiger partial charge on any atom is -0.393 e. The lowest BCUT2D eigenvalue weighted by molar-refractivity contribution is 0.793. The summed E-state index contributed by atoms with van der Waals surface area (Å²) in [5, 5.41) is 9.00. The van der Waals surface area contributed by atoms with E-state index in [0.29, 0.717) is 16.5 Å². The first-order valence-electron chi connectivity index (χ1n) is 6.97. The van der Waals surface area contributed by atoms with Gasteiger partial charge in [-0.25, -0.2) is 9.97 Å². The molecule has 0 saturated heterocycles. The van der Waals surface area contributed by atoms with Crippen LogP contribution in [0.5, 0.6) is 0 Å². The van der Waals surface area contributed by atoms with Crippen LogP contribution in [0.2, 0.25) is 0 Å². The van der Waals surface area contributed by atoms with Crippen LogP contribution in [0.1, 0.15) is 0 Å². The quantitative estimate of drug-likeness (QED) is 0.584.